The normalized spacial score (nSPS) is 10.9. The molecule has 0 saturated heterocycles. The molecule has 0 radical (unpaired) electrons. The van der Waals surface area contributed by atoms with Gasteiger partial charge in [-0.15, -0.1) is 0 Å². The maximum absolute atomic E-state index is 12.6. The third-order valence-electron chi connectivity index (χ3n) is 6.18. The van der Waals surface area contributed by atoms with Gasteiger partial charge in [-0.3, -0.25) is 10.1 Å². The first kappa shape index (κ1) is 30.5. The molecule has 0 unspecified atom stereocenters. The molecular weight excluding hydrogens is 606 g/mol. The number of halogens is 4. The van der Waals surface area contributed by atoms with Crippen LogP contribution in [0.25, 0.3) is 0 Å². The summed E-state index contributed by atoms with van der Waals surface area (Å²) in [6, 6.07) is 18.0. The fourth-order valence-corrected chi connectivity index (χ4v) is 4.96. The number of imide groups is 1. The van der Waals surface area contributed by atoms with Gasteiger partial charge >= 0.3 is 6.03 Å². The fourth-order valence-electron chi connectivity index (χ4n) is 4.01. The molecule has 2 N–H and O–H groups in total. The minimum Gasteiger partial charge on any atom is -0.456 e. The number of urea groups is 1. The molecular formula is C31H26Cl4N2O4. The van der Waals surface area contributed by atoms with E-state index in [1.54, 1.807) is 61.5 Å². The highest BCUT2D eigenvalue weighted by Gasteiger charge is 2.20. The van der Waals surface area contributed by atoms with Crippen molar-refractivity contribution < 1.29 is 19.1 Å². The van der Waals surface area contributed by atoms with Gasteiger partial charge in [0.05, 0.1) is 20.6 Å². The average Bonchev–Trinajstić information content (AvgIpc) is 2.91. The van der Waals surface area contributed by atoms with Gasteiger partial charge in [0.15, 0.2) is 0 Å². The molecule has 4 rings (SSSR count). The van der Waals surface area contributed by atoms with Crippen LogP contribution in [0.5, 0.6) is 23.0 Å². The van der Waals surface area contributed by atoms with Gasteiger partial charge in [-0.05, 0) is 85.5 Å². The summed E-state index contributed by atoms with van der Waals surface area (Å²) in [5, 5.41) is 6.44. The molecule has 212 valence electrons. The molecule has 0 aliphatic rings. The Labute approximate surface area is 258 Å². The number of aryl methyl sites for hydroxylation is 1. The Morgan fingerprint density at radius 3 is 2.20 bits per heavy atom. The number of rotatable bonds is 7. The molecule has 0 saturated carbocycles. The van der Waals surface area contributed by atoms with E-state index in [1.807, 2.05) is 26.8 Å². The largest absolute Gasteiger partial charge is 0.456 e. The van der Waals surface area contributed by atoms with Crippen molar-refractivity contribution in [1.82, 2.24) is 5.32 Å². The number of hydrogen-bond donors (Lipinski definition) is 2. The molecule has 10 heteroatoms. The van der Waals surface area contributed by atoms with Crippen molar-refractivity contribution in [2.75, 3.05) is 5.32 Å². The lowest BCUT2D eigenvalue weighted by molar-refractivity contribution is 0.0967. The minimum absolute atomic E-state index is 0.0923. The van der Waals surface area contributed by atoms with Crippen LogP contribution in [0.1, 0.15) is 46.8 Å². The number of amides is 3. The Kier molecular flexibility index (Phi) is 9.72. The maximum Gasteiger partial charge on any atom is 0.326 e. The maximum atomic E-state index is 12.6. The first-order valence-electron chi connectivity index (χ1n) is 12.6. The first-order chi connectivity index (χ1) is 19.4. The summed E-state index contributed by atoms with van der Waals surface area (Å²) in [6.07, 6.45) is 0. The summed E-state index contributed by atoms with van der Waals surface area (Å²) < 4.78 is 12.3. The fraction of sp³-hybridized carbons (Fsp3) is 0.161. The lowest BCUT2D eigenvalue weighted by Crippen LogP contribution is -2.34. The van der Waals surface area contributed by atoms with Crippen LogP contribution < -0.4 is 20.1 Å². The Bertz CT molecular complexity index is 1640. The standard InChI is InChI=1S/C31H26Cl4N2O4/c1-16(2)22-15-20(40-27-11-9-19(32)14-24(27)34)10-12-26(22)41-29-17(3)13-25(18(4)28(29)35)36-31(39)37-30(38)21-7-5-6-8-23(21)33/h5-16H,1-4H3,(H2,36,37,38,39). The van der Waals surface area contributed by atoms with E-state index in [9.17, 15) is 9.59 Å². The number of anilines is 1. The highest BCUT2D eigenvalue weighted by molar-refractivity contribution is 6.35. The van der Waals surface area contributed by atoms with Gasteiger partial charge < -0.3 is 14.8 Å². The molecule has 0 atom stereocenters. The molecule has 4 aromatic carbocycles. The molecule has 0 bridgehead atoms. The van der Waals surface area contributed by atoms with Crippen molar-refractivity contribution in [3.05, 3.63) is 109 Å². The second kappa shape index (κ2) is 13.0. The van der Waals surface area contributed by atoms with Crippen LogP contribution in [0.3, 0.4) is 0 Å². The number of carbonyl (C=O) groups excluding carboxylic acids is 2. The van der Waals surface area contributed by atoms with Crippen LogP contribution in [0, 0.1) is 13.8 Å². The first-order valence-corrected chi connectivity index (χ1v) is 14.1. The van der Waals surface area contributed by atoms with Gasteiger partial charge in [0.1, 0.15) is 23.0 Å². The van der Waals surface area contributed by atoms with E-state index < -0.39 is 11.9 Å². The van der Waals surface area contributed by atoms with Gasteiger partial charge in [-0.25, -0.2) is 4.79 Å². The van der Waals surface area contributed by atoms with Crippen LogP contribution >= 0.6 is 46.4 Å². The summed E-state index contributed by atoms with van der Waals surface area (Å²) in [4.78, 5) is 25.1. The topological polar surface area (TPSA) is 76.7 Å². The molecule has 0 spiro atoms. The molecule has 41 heavy (non-hydrogen) atoms. The number of benzene rings is 4. The van der Waals surface area contributed by atoms with Crippen LogP contribution in [0.4, 0.5) is 10.5 Å². The van der Waals surface area contributed by atoms with Crippen molar-refractivity contribution in [2.24, 2.45) is 0 Å². The van der Waals surface area contributed by atoms with Crippen molar-refractivity contribution >= 4 is 64.0 Å². The number of ether oxygens (including phenoxy) is 2. The zero-order valence-corrected chi connectivity index (χ0v) is 25.6. The van der Waals surface area contributed by atoms with E-state index in [4.69, 9.17) is 55.9 Å². The van der Waals surface area contributed by atoms with Crippen molar-refractivity contribution in [1.29, 1.82) is 0 Å². The van der Waals surface area contributed by atoms with Crippen LogP contribution in [0.2, 0.25) is 20.1 Å². The van der Waals surface area contributed by atoms with E-state index in [2.05, 4.69) is 10.6 Å². The molecule has 0 aromatic heterocycles. The predicted octanol–water partition coefficient (Wildman–Crippen LogP) is 10.6. The van der Waals surface area contributed by atoms with Gasteiger partial charge in [0.25, 0.3) is 5.91 Å². The number of nitrogens with one attached hydrogen (secondary N) is 2. The summed E-state index contributed by atoms with van der Waals surface area (Å²) in [5.74, 6) is 1.58. The smallest absolute Gasteiger partial charge is 0.326 e. The van der Waals surface area contributed by atoms with Gasteiger partial charge in [-0.1, -0.05) is 72.4 Å². The molecule has 4 aromatic rings. The number of carbonyl (C=O) groups is 2. The molecule has 3 amide bonds. The summed E-state index contributed by atoms with van der Waals surface area (Å²) in [5.41, 5.74) is 2.75. The second-order valence-corrected chi connectivity index (χ2v) is 11.2. The third-order valence-corrected chi connectivity index (χ3v) is 7.50. The van der Waals surface area contributed by atoms with Crippen molar-refractivity contribution in [3.8, 4) is 23.0 Å². The van der Waals surface area contributed by atoms with Gasteiger partial charge in [-0.2, -0.15) is 0 Å². The Balaban J connectivity index is 1.54. The van der Waals surface area contributed by atoms with Crippen LogP contribution in [-0.2, 0) is 0 Å². The van der Waals surface area contributed by atoms with Gasteiger partial charge in [0, 0.05) is 16.3 Å². The van der Waals surface area contributed by atoms with E-state index in [0.29, 0.717) is 54.9 Å². The van der Waals surface area contributed by atoms with Crippen molar-refractivity contribution in [2.45, 2.75) is 33.6 Å². The second-order valence-electron chi connectivity index (χ2n) is 9.53. The van der Waals surface area contributed by atoms with Crippen molar-refractivity contribution in [3.63, 3.8) is 0 Å². The zero-order valence-electron chi connectivity index (χ0n) is 22.6. The monoisotopic (exact) mass is 630 g/mol. The highest BCUT2D eigenvalue weighted by Crippen LogP contribution is 2.42. The molecule has 0 aliphatic carbocycles. The lowest BCUT2D eigenvalue weighted by Gasteiger charge is -2.20. The SMILES string of the molecule is Cc1cc(NC(=O)NC(=O)c2ccccc2Cl)c(C)c(Cl)c1Oc1ccc(Oc2ccc(Cl)cc2Cl)cc1C(C)C. The van der Waals surface area contributed by atoms with E-state index >= 15 is 0 Å². The Hall–Kier alpha value is -3.42. The van der Waals surface area contributed by atoms with E-state index in [-0.39, 0.29) is 16.5 Å². The molecule has 0 heterocycles. The third kappa shape index (κ3) is 7.27. The Morgan fingerprint density at radius 2 is 1.51 bits per heavy atom. The minimum atomic E-state index is -0.722. The Morgan fingerprint density at radius 1 is 0.805 bits per heavy atom. The zero-order chi connectivity index (χ0) is 29.8. The summed E-state index contributed by atoms with van der Waals surface area (Å²) in [7, 11) is 0. The number of hydrogen-bond acceptors (Lipinski definition) is 4. The quantitative estimate of drug-likeness (QED) is 0.213. The lowest BCUT2D eigenvalue weighted by atomic mass is 10.0. The predicted molar refractivity (Wildman–Crippen MR) is 166 cm³/mol. The molecule has 0 fully saturated rings. The highest BCUT2D eigenvalue weighted by atomic mass is 35.5. The van der Waals surface area contributed by atoms with Gasteiger partial charge in [0.2, 0.25) is 0 Å². The van der Waals surface area contributed by atoms with Crippen LogP contribution in [0.15, 0.2) is 66.7 Å². The van der Waals surface area contributed by atoms with E-state index in [0.717, 1.165) is 5.56 Å². The molecule has 0 aliphatic heterocycles. The molecule has 6 nitrogen and oxygen atoms in total. The summed E-state index contributed by atoms with van der Waals surface area (Å²) >= 11 is 25.1. The van der Waals surface area contributed by atoms with E-state index in [1.165, 1.54) is 6.07 Å². The van der Waals surface area contributed by atoms with Crippen LogP contribution in [-0.4, -0.2) is 11.9 Å². The summed E-state index contributed by atoms with van der Waals surface area (Å²) in [6.45, 7) is 7.64. The average molecular weight is 632 g/mol.